The summed E-state index contributed by atoms with van der Waals surface area (Å²) in [4.78, 5) is 42.6. The van der Waals surface area contributed by atoms with Gasteiger partial charge in [0.25, 0.3) is 5.56 Å². The Bertz CT molecular complexity index is 1720. The third kappa shape index (κ3) is 5.13. The number of nitrogens with zero attached hydrogens (tertiary/aromatic N) is 7. The zero-order valence-electron chi connectivity index (χ0n) is 22.2. The van der Waals surface area contributed by atoms with Gasteiger partial charge in [0.05, 0.1) is 40.1 Å². The van der Waals surface area contributed by atoms with Gasteiger partial charge in [-0.2, -0.15) is 5.26 Å². The van der Waals surface area contributed by atoms with E-state index in [4.69, 9.17) is 16.6 Å². The Balaban J connectivity index is 1.48. The summed E-state index contributed by atoms with van der Waals surface area (Å²) >= 11 is 5.92. The Morgan fingerprint density at radius 1 is 1.12 bits per heavy atom. The minimum absolute atomic E-state index is 0.0838. The Labute approximate surface area is 235 Å². The highest BCUT2D eigenvalue weighted by molar-refractivity contribution is 6.29. The van der Waals surface area contributed by atoms with E-state index in [2.05, 4.69) is 31.2 Å². The van der Waals surface area contributed by atoms with Crippen LogP contribution in [-0.2, 0) is 7.05 Å². The smallest absolute Gasteiger partial charge is 0.356 e. The lowest BCUT2D eigenvalue weighted by atomic mass is 10.0. The second-order valence-corrected chi connectivity index (χ2v) is 10.1. The van der Waals surface area contributed by atoms with E-state index in [9.17, 15) is 20.0 Å². The van der Waals surface area contributed by atoms with Gasteiger partial charge < -0.3 is 20.2 Å². The minimum Gasteiger partial charge on any atom is -0.476 e. The van der Waals surface area contributed by atoms with Crippen molar-refractivity contribution in [3.05, 3.63) is 80.6 Å². The van der Waals surface area contributed by atoms with Crippen molar-refractivity contribution < 1.29 is 9.90 Å². The van der Waals surface area contributed by atoms with E-state index >= 15 is 0 Å². The average molecular weight is 559 g/mol. The molecule has 0 saturated carbocycles. The van der Waals surface area contributed by atoms with Gasteiger partial charge in [-0.05, 0) is 43.7 Å². The molecule has 1 fully saturated rings. The number of aryl methyl sites for hydroxylation is 1. The summed E-state index contributed by atoms with van der Waals surface area (Å²) in [6, 6.07) is 10.4. The van der Waals surface area contributed by atoms with Crippen LogP contribution in [-0.4, -0.2) is 56.8 Å². The van der Waals surface area contributed by atoms with Crippen molar-refractivity contribution in [1.29, 1.82) is 5.26 Å². The van der Waals surface area contributed by atoms with Crippen LogP contribution in [0.3, 0.4) is 0 Å². The summed E-state index contributed by atoms with van der Waals surface area (Å²) in [5.41, 5.74) is 3.56. The molecule has 12 heteroatoms. The van der Waals surface area contributed by atoms with Gasteiger partial charge in [0.2, 0.25) is 5.95 Å². The molecule has 1 atom stereocenters. The molecular formula is C28H27ClN8O3. The number of aromatic carboxylic acids is 1. The van der Waals surface area contributed by atoms with Gasteiger partial charge in [0, 0.05) is 45.0 Å². The first-order valence-corrected chi connectivity index (χ1v) is 13.1. The van der Waals surface area contributed by atoms with E-state index < -0.39 is 12.0 Å². The van der Waals surface area contributed by atoms with E-state index in [1.165, 1.54) is 12.3 Å². The van der Waals surface area contributed by atoms with Gasteiger partial charge in [-0.1, -0.05) is 17.7 Å². The molecule has 0 bridgehead atoms. The molecule has 0 unspecified atom stereocenters. The number of pyridine rings is 2. The van der Waals surface area contributed by atoms with Crippen molar-refractivity contribution >= 4 is 45.8 Å². The number of anilines is 3. The summed E-state index contributed by atoms with van der Waals surface area (Å²) in [5, 5.41) is 22.6. The van der Waals surface area contributed by atoms with Crippen LogP contribution in [0.4, 0.5) is 17.3 Å². The van der Waals surface area contributed by atoms with Crippen LogP contribution in [0.2, 0.25) is 5.15 Å². The standard InChI is InChI=1S/C28H27ClN8O3/c1-16-10-20(17(2)32-22-4-5-23(29)33-25(22)27(39)40)24-21(11-16)26(38)35(3)28(34-24)37-8-6-36(7-9-37)19-12-18(13-30)14-31-15-19/h4-5,10-12,14-15,17,32H,6-9H2,1-3H3,(H,39,40)/t17-/m1/s1. The number of hydrogen-bond acceptors (Lipinski definition) is 9. The van der Waals surface area contributed by atoms with Gasteiger partial charge in [0.1, 0.15) is 11.2 Å². The van der Waals surface area contributed by atoms with Gasteiger partial charge in [-0.3, -0.25) is 14.3 Å². The molecule has 5 rings (SSSR count). The second kappa shape index (κ2) is 10.8. The fraction of sp³-hybridized carbons (Fsp3) is 0.286. The summed E-state index contributed by atoms with van der Waals surface area (Å²) in [6.07, 6.45) is 3.28. The Morgan fingerprint density at radius 3 is 2.55 bits per heavy atom. The maximum absolute atomic E-state index is 13.5. The second-order valence-electron chi connectivity index (χ2n) is 9.75. The van der Waals surface area contributed by atoms with Crippen LogP contribution in [0, 0.1) is 18.3 Å². The molecule has 4 heterocycles. The van der Waals surface area contributed by atoms with Crippen LogP contribution in [0.5, 0.6) is 0 Å². The molecule has 11 nitrogen and oxygen atoms in total. The van der Waals surface area contributed by atoms with E-state index in [-0.39, 0.29) is 16.4 Å². The molecule has 4 aromatic rings. The highest BCUT2D eigenvalue weighted by Crippen LogP contribution is 2.29. The van der Waals surface area contributed by atoms with Crippen LogP contribution < -0.4 is 20.7 Å². The molecule has 1 aromatic carbocycles. The van der Waals surface area contributed by atoms with E-state index in [0.717, 1.165) is 16.8 Å². The van der Waals surface area contributed by atoms with Crippen molar-refractivity contribution in [2.24, 2.45) is 7.05 Å². The lowest BCUT2D eigenvalue weighted by molar-refractivity contribution is 0.0691. The molecule has 2 N–H and O–H groups in total. The van der Waals surface area contributed by atoms with Crippen LogP contribution in [0.25, 0.3) is 10.9 Å². The Morgan fingerprint density at radius 2 is 1.85 bits per heavy atom. The van der Waals surface area contributed by atoms with Crippen molar-refractivity contribution in [1.82, 2.24) is 19.5 Å². The zero-order valence-corrected chi connectivity index (χ0v) is 23.0. The summed E-state index contributed by atoms with van der Waals surface area (Å²) < 4.78 is 1.57. The Hall–Kier alpha value is -4.69. The minimum atomic E-state index is -1.20. The zero-order chi connectivity index (χ0) is 28.6. The third-order valence-corrected chi connectivity index (χ3v) is 7.22. The van der Waals surface area contributed by atoms with Crippen molar-refractivity contribution in [3.8, 4) is 6.07 Å². The highest BCUT2D eigenvalue weighted by Gasteiger charge is 2.24. The number of halogens is 1. The molecule has 1 saturated heterocycles. The maximum atomic E-state index is 13.5. The first kappa shape index (κ1) is 26.9. The average Bonchev–Trinajstić information content (AvgIpc) is 2.95. The number of nitrogens with one attached hydrogen (secondary N) is 1. The lowest BCUT2D eigenvalue weighted by Crippen LogP contribution is -2.48. The van der Waals surface area contributed by atoms with Crippen LogP contribution in [0.15, 0.2) is 47.5 Å². The van der Waals surface area contributed by atoms with E-state index in [0.29, 0.717) is 54.3 Å². The number of carbonyl (C=O) groups is 1. The number of piperazine rings is 1. The summed E-state index contributed by atoms with van der Waals surface area (Å²) in [7, 11) is 1.72. The molecular weight excluding hydrogens is 532 g/mol. The van der Waals surface area contributed by atoms with Gasteiger partial charge in [-0.25, -0.2) is 14.8 Å². The first-order valence-electron chi connectivity index (χ1n) is 12.7. The van der Waals surface area contributed by atoms with E-state index in [1.54, 1.807) is 23.9 Å². The first-order chi connectivity index (χ1) is 19.2. The Kier molecular flexibility index (Phi) is 7.28. The number of nitriles is 1. The number of hydrogen-bond donors (Lipinski definition) is 2. The quantitative estimate of drug-likeness (QED) is 0.336. The number of carboxylic acid groups (broad SMARTS) is 1. The van der Waals surface area contributed by atoms with Crippen molar-refractivity contribution in [2.75, 3.05) is 41.3 Å². The monoisotopic (exact) mass is 558 g/mol. The molecule has 1 aliphatic heterocycles. The number of rotatable bonds is 6. The fourth-order valence-corrected chi connectivity index (χ4v) is 5.15. The van der Waals surface area contributed by atoms with Crippen LogP contribution >= 0.6 is 11.6 Å². The molecule has 1 aliphatic rings. The molecule has 0 radical (unpaired) electrons. The molecule has 0 aliphatic carbocycles. The lowest BCUT2D eigenvalue weighted by Gasteiger charge is -2.37. The normalized spacial score (nSPS) is 14.2. The molecule has 204 valence electrons. The van der Waals surface area contributed by atoms with Gasteiger partial charge in [-0.15, -0.1) is 0 Å². The van der Waals surface area contributed by atoms with Gasteiger partial charge in [0.15, 0.2) is 5.69 Å². The molecule has 3 aromatic heterocycles. The molecule has 0 spiro atoms. The van der Waals surface area contributed by atoms with Gasteiger partial charge >= 0.3 is 5.97 Å². The topological polar surface area (TPSA) is 140 Å². The molecule has 0 amide bonds. The van der Waals surface area contributed by atoms with Crippen LogP contribution in [0.1, 0.15) is 40.1 Å². The summed E-state index contributed by atoms with van der Waals surface area (Å²) in [6.45, 7) is 6.38. The SMILES string of the molecule is Cc1cc([C@@H](C)Nc2ccc(Cl)nc2C(=O)O)c2nc(N3CCN(c4cncc(C#N)c4)CC3)n(C)c(=O)c2c1. The largest absolute Gasteiger partial charge is 0.476 e. The van der Waals surface area contributed by atoms with Crippen molar-refractivity contribution in [3.63, 3.8) is 0 Å². The predicted octanol–water partition coefficient (Wildman–Crippen LogP) is 3.75. The van der Waals surface area contributed by atoms with Crippen molar-refractivity contribution in [2.45, 2.75) is 19.9 Å². The highest BCUT2D eigenvalue weighted by atomic mass is 35.5. The third-order valence-electron chi connectivity index (χ3n) is 7.01. The summed E-state index contributed by atoms with van der Waals surface area (Å²) in [5.74, 6) is -0.646. The fourth-order valence-electron chi connectivity index (χ4n) is 5.01. The maximum Gasteiger partial charge on any atom is 0.356 e. The number of carboxylic acids is 1. The number of aromatic nitrogens is 4. The number of benzene rings is 1. The molecule has 40 heavy (non-hydrogen) atoms. The predicted molar refractivity (Wildman–Crippen MR) is 153 cm³/mol. The number of fused-ring (bicyclic) bond motifs is 1. The van der Waals surface area contributed by atoms with E-state index in [1.807, 2.05) is 32.0 Å².